The summed E-state index contributed by atoms with van der Waals surface area (Å²) in [4.78, 5) is 4.17. The lowest BCUT2D eigenvalue weighted by Gasteiger charge is -2.22. The van der Waals surface area contributed by atoms with Crippen molar-refractivity contribution in [3.05, 3.63) is 24.0 Å². The average Bonchev–Trinajstić information content (AvgIpc) is 2.39. The number of nitrogens with two attached hydrogens (primary N) is 1. The van der Waals surface area contributed by atoms with E-state index in [4.69, 9.17) is 10.5 Å². The van der Waals surface area contributed by atoms with E-state index in [-0.39, 0.29) is 6.04 Å². The Bertz CT molecular complexity index is 328. The maximum atomic E-state index is 6.32. The van der Waals surface area contributed by atoms with Gasteiger partial charge in [0.2, 0.25) is 0 Å². The van der Waals surface area contributed by atoms with Gasteiger partial charge in [0.05, 0.1) is 13.3 Å². The first kappa shape index (κ1) is 14.0. The Labute approximate surface area is 104 Å². The minimum absolute atomic E-state index is 0.0640. The van der Waals surface area contributed by atoms with Gasteiger partial charge in [-0.15, -0.1) is 0 Å². The van der Waals surface area contributed by atoms with Crippen LogP contribution in [0.1, 0.15) is 51.1 Å². The third-order valence-corrected chi connectivity index (χ3v) is 3.32. The molecule has 0 bridgehead atoms. The molecule has 0 aliphatic heterocycles. The van der Waals surface area contributed by atoms with Crippen LogP contribution in [0.2, 0.25) is 0 Å². The van der Waals surface area contributed by atoms with Crippen LogP contribution in [0.25, 0.3) is 0 Å². The Kier molecular flexibility index (Phi) is 5.98. The molecule has 0 saturated carbocycles. The van der Waals surface area contributed by atoms with Crippen molar-refractivity contribution >= 4 is 0 Å². The van der Waals surface area contributed by atoms with Gasteiger partial charge in [0.15, 0.2) is 0 Å². The zero-order valence-electron chi connectivity index (χ0n) is 11.1. The van der Waals surface area contributed by atoms with Crippen molar-refractivity contribution in [3.8, 4) is 5.75 Å². The summed E-state index contributed by atoms with van der Waals surface area (Å²) in [6, 6.07) is 2.06. The van der Waals surface area contributed by atoms with Crippen LogP contribution in [-0.4, -0.2) is 12.1 Å². The fourth-order valence-electron chi connectivity index (χ4n) is 2.11. The summed E-state index contributed by atoms with van der Waals surface area (Å²) in [5.74, 6) is 1.31. The third kappa shape index (κ3) is 4.00. The Balaban J connectivity index is 2.74. The molecule has 96 valence electrons. The molecule has 1 aromatic heterocycles. The van der Waals surface area contributed by atoms with Crippen LogP contribution in [0.4, 0.5) is 0 Å². The molecule has 3 heteroatoms. The van der Waals surface area contributed by atoms with E-state index in [2.05, 4.69) is 18.8 Å². The number of aromatic nitrogens is 1. The summed E-state index contributed by atoms with van der Waals surface area (Å²) >= 11 is 0. The number of rotatable bonds is 7. The Morgan fingerprint density at radius 2 is 2.12 bits per heavy atom. The van der Waals surface area contributed by atoms with E-state index in [0.717, 1.165) is 17.7 Å². The topological polar surface area (TPSA) is 48.1 Å². The van der Waals surface area contributed by atoms with Crippen LogP contribution in [0.15, 0.2) is 18.5 Å². The highest BCUT2D eigenvalue weighted by Gasteiger charge is 2.18. The summed E-state index contributed by atoms with van der Waals surface area (Å²) in [7, 11) is 1.65. The van der Waals surface area contributed by atoms with Gasteiger partial charge in [0.25, 0.3) is 0 Å². The van der Waals surface area contributed by atoms with Gasteiger partial charge in [-0.3, -0.25) is 4.98 Å². The Hall–Kier alpha value is -1.09. The molecule has 0 saturated heterocycles. The largest absolute Gasteiger partial charge is 0.495 e. The molecule has 1 heterocycles. The first-order valence-corrected chi connectivity index (χ1v) is 6.47. The molecule has 1 aromatic rings. The van der Waals surface area contributed by atoms with Gasteiger partial charge in [-0.05, 0) is 24.0 Å². The van der Waals surface area contributed by atoms with E-state index in [9.17, 15) is 0 Å². The highest BCUT2D eigenvalue weighted by Crippen LogP contribution is 2.28. The first-order valence-electron chi connectivity index (χ1n) is 6.47. The minimum atomic E-state index is 0.0640. The normalized spacial score (nSPS) is 14.4. The van der Waals surface area contributed by atoms with Crippen LogP contribution in [-0.2, 0) is 0 Å². The number of hydrogen-bond donors (Lipinski definition) is 1. The number of unbranched alkanes of at least 4 members (excludes halogenated alkanes) is 1. The van der Waals surface area contributed by atoms with Crippen molar-refractivity contribution in [2.45, 2.75) is 45.6 Å². The second-order valence-corrected chi connectivity index (χ2v) is 4.49. The molecule has 2 N–H and O–H groups in total. The van der Waals surface area contributed by atoms with Gasteiger partial charge < -0.3 is 10.5 Å². The lowest BCUT2D eigenvalue weighted by atomic mass is 9.88. The zero-order chi connectivity index (χ0) is 12.7. The predicted molar refractivity (Wildman–Crippen MR) is 71.0 cm³/mol. The smallest absolute Gasteiger partial charge is 0.137 e. The predicted octanol–water partition coefficient (Wildman–Crippen LogP) is 3.31. The standard InChI is InChI=1S/C14H24N2O/c1-4-6-7-11(5-2)14(15)12-8-13(17-3)10-16-9-12/h8-11,14H,4-7,15H2,1-3H3. The second kappa shape index (κ2) is 7.28. The molecule has 0 radical (unpaired) electrons. The molecule has 0 aliphatic rings. The molecule has 2 unspecified atom stereocenters. The molecule has 0 aromatic carbocycles. The second-order valence-electron chi connectivity index (χ2n) is 4.49. The van der Waals surface area contributed by atoms with E-state index >= 15 is 0 Å². The summed E-state index contributed by atoms with van der Waals surface area (Å²) in [6.45, 7) is 4.42. The highest BCUT2D eigenvalue weighted by molar-refractivity contribution is 5.26. The lowest BCUT2D eigenvalue weighted by molar-refractivity contribution is 0.373. The van der Waals surface area contributed by atoms with Crippen LogP contribution >= 0.6 is 0 Å². The molecule has 0 aliphatic carbocycles. The number of ether oxygens (including phenoxy) is 1. The summed E-state index contributed by atoms with van der Waals surface area (Å²) in [6.07, 6.45) is 8.32. The third-order valence-electron chi connectivity index (χ3n) is 3.32. The van der Waals surface area contributed by atoms with Crippen LogP contribution in [0.3, 0.4) is 0 Å². The van der Waals surface area contributed by atoms with Crippen LogP contribution in [0, 0.1) is 5.92 Å². The molecule has 0 spiro atoms. The summed E-state index contributed by atoms with van der Waals surface area (Å²) in [5.41, 5.74) is 7.39. The van der Waals surface area contributed by atoms with Crippen molar-refractivity contribution in [2.24, 2.45) is 11.7 Å². The van der Waals surface area contributed by atoms with Gasteiger partial charge >= 0.3 is 0 Å². The van der Waals surface area contributed by atoms with Crippen molar-refractivity contribution in [3.63, 3.8) is 0 Å². The SMILES string of the molecule is CCCCC(CC)C(N)c1cncc(OC)c1. The molecule has 2 atom stereocenters. The van der Waals surface area contributed by atoms with Crippen molar-refractivity contribution < 1.29 is 4.74 Å². The molecule has 17 heavy (non-hydrogen) atoms. The maximum absolute atomic E-state index is 6.32. The zero-order valence-corrected chi connectivity index (χ0v) is 11.1. The number of nitrogens with zero attached hydrogens (tertiary/aromatic N) is 1. The monoisotopic (exact) mass is 236 g/mol. The van der Waals surface area contributed by atoms with E-state index in [1.54, 1.807) is 13.3 Å². The van der Waals surface area contributed by atoms with E-state index < -0.39 is 0 Å². The van der Waals surface area contributed by atoms with Crippen LogP contribution in [0.5, 0.6) is 5.75 Å². The van der Waals surface area contributed by atoms with Crippen LogP contribution < -0.4 is 10.5 Å². The van der Waals surface area contributed by atoms with E-state index in [1.807, 2.05) is 12.3 Å². The van der Waals surface area contributed by atoms with E-state index in [1.165, 1.54) is 19.3 Å². The average molecular weight is 236 g/mol. The number of hydrogen-bond acceptors (Lipinski definition) is 3. The van der Waals surface area contributed by atoms with Gasteiger partial charge in [0, 0.05) is 12.2 Å². The number of pyridine rings is 1. The maximum Gasteiger partial charge on any atom is 0.137 e. The minimum Gasteiger partial charge on any atom is -0.495 e. The van der Waals surface area contributed by atoms with Gasteiger partial charge in [-0.1, -0.05) is 33.1 Å². The van der Waals surface area contributed by atoms with Gasteiger partial charge in [-0.2, -0.15) is 0 Å². The molecular formula is C14H24N2O. The summed E-state index contributed by atoms with van der Waals surface area (Å²) in [5, 5.41) is 0. The van der Waals surface area contributed by atoms with Gasteiger partial charge in [-0.25, -0.2) is 0 Å². The quantitative estimate of drug-likeness (QED) is 0.790. The van der Waals surface area contributed by atoms with E-state index in [0.29, 0.717) is 5.92 Å². The molecular weight excluding hydrogens is 212 g/mol. The molecule has 1 rings (SSSR count). The lowest BCUT2D eigenvalue weighted by Crippen LogP contribution is -2.21. The molecule has 3 nitrogen and oxygen atoms in total. The van der Waals surface area contributed by atoms with Gasteiger partial charge in [0.1, 0.15) is 5.75 Å². The molecule has 0 fully saturated rings. The molecule has 0 amide bonds. The van der Waals surface area contributed by atoms with Crippen molar-refractivity contribution in [1.82, 2.24) is 4.98 Å². The first-order chi connectivity index (χ1) is 8.22. The number of methoxy groups -OCH3 is 1. The fourth-order valence-corrected chi connectivity index (χ4v) is 2.11. The Morgan fingerprint density at radius 3 is 2.71 bits per heavy atom. The summed E-state index contributed by atoms with van der Waals surface area (Å²) < 4.78 is 5.18. The van der Waals surface area contributed by atoms with Crippen molar-refractivity contribution in [2.75, 3.05) is 7.11 Å². The Morgan fingerprint density at radius 1 is 1.35 bits per heavy atom. The fraction of sp³-hybridized carbons (Fsp3) is 0.643. The highest BCUT2D eigenvalue weighted by atomic mass is 16.5. The van der Waals surface area contributed by atoms with Crippen molar-refractivity contribution in [1.29, 1.82) is 0 Å².